The SMILES string of the molecule is CC(C)C(N=C(c1ccccc1)c1ccccc1)c1ccccc1N. The zero-order valence-electron chi connectivity index (χ0n) is 14.8. The molecule has 3 aromatic carbocycles. The number of nitrogens with zero attached hydrogens (tertiary/aromatic N) is 1. The van der Waals surface area contributed by atoms with Crippen molar-refractivity contribution >= 4 is 11.4 Å². The Kier molecular flexibility index (Phi) is 5.30. The maximum atomic E-state index is 6.24. The minimum atomic E-state index is 0.0108. The normalized spacial score (nSPS) is 12.0. The molecule has 0 aliphatic carbocycles. The summed E-state index contributed by atoms with van der Waals surface area (Å²) in [5, 5.41) is 0. The highest BCUT2D eigenvalue weighted by atomic mass is 14.8. The number of benzene rings is 3. The van der Waals surface area contributed by atoms with Crippen LogP contribution in [-0.4, -0.2) is 5.71 Å². The molecular formula is C23H24N2. The molecule has 126 valence electrons. The van der Waals surface area contributed by atoms with Crippen LogP contribution in [0.3, 0.4) is 0 Å². The summed E-state index contributed by atoms with van der Waals surface area (Å²) < 4.78 is 0. The molecule has 0 amide bonds. The van der Waals surface area contributed by atoms with Gasteiger partial charge >= 0.3 is 0 Å². The number of nitrogen functional groups attached to an aromatic ring is 1. The lowest BCUT2D eigenvalue weighted by Gasteiger charge is -2.21. The summed E-state index contributed by atoms with van der Waals surface area (Å²) in [6, 6.07) is 28.7. The summed E-state index contributed by atoms with van der Waals surface area (Å²) in [4.78, 5) is 5.18. The van der Waals surface area contributed by atoms with Gasteiger partial charge in [-0.05, 0) is 17.5 Å². The van der Waals surface area contributed by atoms with E-state index in [1.807, 2.05) is 30.3 Å². The molecule has 2 N–H and O–H groups in total. The summed E-state index contributed by atoms with van der Waals surface area (Å²) in [7, 11) is 0. The number of rotatable bonds is 5. The fourth-order valence-electron chi connectivity index (χ4n) is 3.00. The number of aliphatic imine (C=N–C) groups is 1. The van der Waals surface area contributed by atoms with E-state index in [-0.39, 0.29) is 6.04 Å². The highest BCUT2D eigenvalue weighted by Crippen LogP contribution is 2.31. The lowest BCUT2D eigenvalue weighted by Crippen LogP contribution is -2.12. The molecule has 0 aliphatic rings. The van der Waals surface area contributed by atoms with Crippen molar-refractivity contribution in [3.05, 3.63) is 102 Å². The standard InChI is InChI=1S/C23H24N2/c1-17(2)22(20-15-9-10-16-21(20)24)25-23(18-11-5-3-6-12-18)19-13-7-4-8-14-19/h3-17,22H,24H2,1-2H3. The molecule has 0 bridgehead atoms. The van der Waals surface area contributed by atoms with Gasteiger partial charge in [-0.15, -0.1) is 0 Å². The van der Waals surface area contributed by atoms with E-state index < -0.39 is 0 Å². The zero-order valence-corrected chi connectivity index (χ0v) is 14.8. The van der Waals surface area contributed by atoms with Crippen LogP contribution in [0.2, 0.25) is 0 Å². The lowest BCUT2D eigenvalue weighted by atomic mass is 9.94. The van der Waals surface area contributed by atoms with Gasteiger partial charge in [0, 0.05) is 16.8 Å². The average Bonchev–Trinajstić information content (AvgIpc) is 2.65. The molecule has 0 heterocycles. The molecule has 0 fully saturated rings. The van der Waals surface area contributed by atoms with Crippen LogP contribution < -0.4 is 5.73 Å². The molecule has 0 saturated heterocycles. The first-order valence-corrected chi connectivity index (χ1v) is 8.70. The van der Waals surface area contributed by atoms with Crippen molar-refractivity contribution in [2.24, 2.45) is 10.9 Å². The van der Waals surface area contributed by atoms with E-state index in [1.54, 1.807) is 0 Å². The first-order chi connectivity index (χ1) is 12.2. The van der Waals surface area contributed by atoms with Gasteiger partial charge in [-0.25, -0.2) is 0 Å². The smallest absolute Gasteiger partial charge is 0.0799 e. The molecule has 25 heavy (non-hydrogen) atoms. The second kappa shape index (κ2) is 7.80. The van der Waals surface area contributed by atoms with E-state index in [9.17, 15) is 0 Å². The molecule has 0 radical (unpaired) electrons. The summed E-state index contributed by atoms with van der Waals surface area (Å²) in [6.45, 7) is 4.38. The fraction of sp³-hybridized carbons (Fsp3) is 0.174. The zero-order chi connectivity index (χ0) is 17.6. The van der Waals surface area contributed by atoms with E-state index in [0.717, 1.165) is 28.1 Å². The largest absolute Gasteiger partial charge is 0.398 e. The van der Waals surface area contributed by atoms with Gasteiger partial charge in [0.15, 0.2) is 0 Å². The van der Waals surface area contributed by atoms with E-state index >= 15 is 0 Å². The Morgan fingerprint density at radius 1 is 0.720 bits per heavy atom. The second-order valence-electron chi connectivity index (χ2n) is 6.53. The number of nitrogens with two attached hydrogens (primary N) is 1. The molecule has 0 spiro atoms. The van der Waals surface area contributed by atoms with Crippen LogP contribution in [0, 0.1) is 5.92 Å². The van der Waals surface area contributed by atoms with Crippen LogP contribution in [0.4, 0.5) is 5.69 Å². The van der Waals surface area contributed by atoms with Crippen LogP contribution in [0.25, 0.3) is 0 Å². The summed E-state index contributed by atoms with van der Waals surface area (Å²) >= 11 is 0. The Hall–Kier alpha value is -2.87. The van der Waals surface area contributed by atoms with Crippen molar-refractivity contribution in [1.82, 2.24) is 0 Å². The van der Waals surface area contributed by atoms with Crippen LogP contribution in [0.15, 0.2) is 89.9 Å². The van der Waals surface area contributed by atoms with Crippen LogP contribution >= 0.6 is 0 Å². The van der Waals surface area contributed by atoms with Crippen LogP contribution in [-0.2, 0) is 0 Å². The Balaban J connectivity index is 2.15. The van der Waals surface area contributed by atoms with Crippen molar-refractivity contribution in [1.29, 1.82) is 0 Å². The topological polar surface area (TPSA) is 38.4 Å². The molecule has 0 aromatic heterocycles. The molecule has 0 saturated carbocycles. The third kappa shape index (κ3) is 3.97. The minimum absolute atomic E-state index is 0.0108. The molecule has 3 rings (SSSR count). The van der Waals surface area contributed by atoms with E-state index in [0.29, 0.717) is 5.92 Å². The number of para-hydroxylation sites is 1. The van der Waals surface area contributed by atoms with Crippen molar-refractivity contribution in [3.63, 3.8) is 0 Å². The van der Waals surface area contributed by atoms with Crippen molar-refractivity contribution < 1.29 is 0 Å². The average molecular weight is 328 g/mol. The van der Waals surface area contributed by atoms with Crippen LogP contribution in [0.5, 0.6) is 0 Å². The minimum Gasteiger partial charge on any atom is -0.398 e. The number of anilines is 1. The van der Waals surface area contributed by atoms with E-state index in [2.05, 4.69) is 68.4 Å². The van der Waals surface area contributed by atoms with Crippen molar-refractivity contribution in [2.75, 3.05) is 5.73 Å². The number of hydrogen-bond donors (Lipinski definition) is 1. The lowest BCUT2D eigenvalue weighted by molar-refractivity contribution is 0.518. The third-order valence-electron chi connectivity index (χ3n) is 4.31. The Bertz CT molecular complexity index is 795. The highest BCUT2D eigenvalue weighted by Gasteiger charge is 2.19. The first kappa shape index (κ1) is 17.0. The Morgan fingerprint density at radius 2 is 1.20 bits per heavy atom. The van der Waals surface area contributed by atoms with Crippen LogP contribution in [0.1, 0.15) is 36.6 Å². The van der Waals surface area contributed by atoms with Gasteiger partial charge in [-0.2, -0.15) is 0 Å². The Morgan fingerprint density at radius 3 is 1.68 bits per heavy atom. The summed E-state index contributed by atoms with van der Waals surface area (Å²) in [5.41, 5.74) is 11.4. The van der Waals surface area contributed by atoms with Gasteiger partial charge in [-0.1, -0.05) is 92.7 Å². The van der Waals surface area contributed by atoms with E-state index in [1.165, 1.54) is 0 Å². The Labute approximate surface area is 150 Å². The summed E-state index contributed by atoms with van der Waals surface area (Å²) in [6.07, 6.45) is 0. The van der Waals surface area contributed by atoms with Crippen molar-refractivity contribution in [2.45, 2.75) is 19.9 Å². The maximum Gasteiger partial charge on any atom is 0.0799 e. The molecule has 0 aliphatic heterocycles. The molecule has 2 heteroatoms. The molecule has 3 aromatic rings. The van der Waals surface area contributed by atoms with Gasteiger partial charge in [0.2, 0.25) is 0 Å². The molecule has 1 atom stereocenters. The fourth-order valence-corrected chi connectivity index (χ4v) is 3.00. The molecule has 1 unspecified atom stereocenters. The van der Waals surface area contributed by atoms with Gasteiger partial charge in [-0.3, -0.25) is 4.99 Å². The quantitative estimate of drug-likeness (QED) is 0.487. The maximum absolute atomic E-state index is 6.24. The molecular weight excluding hydrogens is 304 g/mol. The van der Waals surface area contributed by atoms with Gasteiger partial charge in [0.25, 0.3) is 0 Å². The molecule has 2 nitrogen and oxygen atoms in total. The highest BCUT2D eigenvalue weighted by molar-refractivity contribution is 6.13. The van der Waals surface area contributed by atoms with Gasteiger partial charge < -0.3 is 5.73 Å². The van der Waals surface area contributed by atoms with Gasteiger partial charge in [0.1, 0.15) is 0 Å². The summed E-state index contributed by atoms with van der Waals surface area (Å²) in [5.74, 6) is 0.340. The second-order valence-corrected chi connectivity index (χ2v) is 6.53. The van der Waals surface area contributed by atoms with Gasteiger partial charge in [0.05, 0.1) is 11.8 Å². The van der Waals surface area contributed by atoms with E-state index in [4.69, 9.17) is 10.7 Å². The van der Waals surface area contributed by atoms with Crippen molar-refractivity contribution in [3.8, 4) is 0 Å². The predicted molar refractivity (Wildman–Crippen MR) is 107 cm³/mol. The first-order valence-electron chi connectivity index (χ1n) is 8.70. The number of hydrogen-bond acceptors (Lipinski definition) is 2. The third-order valence-corrected chi connectivity index (χ3v) is 4.31. The predicted octanol–water partition coefficient (Wildman–Crippen LogP) is 5.50. The monoisotopic (exact) mass is 328 g/mol.